The van der Waals surface area contributed by atoms with Gasteiger partial charge in [0.2, 0.25) is 5.91 Å². The minimum absolute atomic E-state index is 0.0570. The lowest BCUT2D eigenvalue weighted by Gasteiger charge is -2.11. The van der Waals surface area contributed by atoms with E-state index in [0.29, 0.717) is 23.9 Å². The van der Waals surface area contributed by atoms with E-state index in [1.54, 1.807) is 13.3 Å². The number of carbonyl (C=O) groups excluding carboxylic acids is 1. The molecule has 7 heteroatoms. The second kappa shape index (κ2) is 9.96. The fourth-order valence-corrected chi connectivity index (χ4v) is 3.52. The minimum Gasteiger partial charge on any atom is -0.497 e. The summed E-state index contributed by atoms with van der Waals surface area (Å²) in [7, 11) is 1.63. The van der Waals surface area contributed by atoms with Gasteiger partial charge in [0.1, 0.15) is 5.75 Å². The lowest BCUT2D eigenvalue weighted by molar-refractivity contribution is -0.118. The first kappa shape index (κ1) is 20.0. The van der Waals surface area contributed by atoms with Gasteiger partial charge in [-0.15, -0.1) is 0 Å². The molecule has 28 heavy (non-hydrogen) atoms. The smallest absolute Gasteiger partial charge is 0.230 e. The van der Waals surface area contributed by atoms with Gasteiger partial charge in [-0.05, 0) is 23.3 Å². The summed E-state index contributed by atoms with van der Waals surface area (Å²) in [5.41, 5.74) is 2.83. The van der Waals surface area contributed by atoms with Gasteiger partial charge < -0.3 is 19.7 Å². The maximum absolute atomic E-state index is 12.2. The Balaban J connectivity index is 1.60. The van der Waals surface area contributed by atoms with Crippen LogP contribution in [0.3, 0.4) is 0 Å². The topological polar surface area (TPSA) is 76.4 Å². The van der Waals surface area contributed by atoms with E-state index < -0.39 is 0 Å². The first-order valence-electron chi connectivity index (χ1n) is 8.91. The van der Waals surface area contributed by atoms with Gasteiger partial charge in [0, 0.05) is 13.1 Å². The van der Waals surface area contributed by atoms with Gasteiger partial charge in [0.15, 0.2) is 5.16 Å². The zero-order valence-corrected chi connectivity index (χ0v) is 16.5. The van der Waals surface area contributed by atoms with Crippen molar-refractivity contribution in [3.8, 4) is 5.75 Å². The maximum Gasteiger partial charge on any atom is 0.230 e. The molecule has 0 aliphatic heterocycles. The Morgan fingerprint density at radius 1 is 1.14 bits per heavy atom. The molecule has 0 atom stereocenters. The first-order chi connectivity index (χ1) is 13.7. The summed E-state index contributed by atoms with van der Waals surface area (Å²) in [5.74, 6) is 0.997. The molecule has 2 aromatic carbocycles. The number of nitrogens with zero attached hydrogens (tertiary/aromatic N) is 2. The van der Waals surface area contributed by atoms with Crippen LogP contribution in [0.25, 0.3) is 0 Å². The van der Waals surface area contributed by atoms with Gasteiger partial charge in [-0.3, -0.25) is 4.79 Å². The zero-order valence-electron chi connectivity index (χ0n) is 15.7. The Hall–Kier alpha value is -2.77. The third-order valence-electron chi connectivity index (χ3n) is 4.23. The van der Waals surface area contributed by atoms with Crippen molar-refractivity contribution >= 4 is 17.7 Å². The molecule has 1 aromatic heterocycles. The van der Waals surface area contributed by atoms with Crippen molar-refractivity contribution in [2.45, 2.75) is 24.9 Å². The average molecular weight is 398 g/mol. The third kappa shape index (κ3) is 5.37. The van der Waals surface area contributed by atoms with Crippen LogP contribution >= 0.6 is 11.8 Å². The van der Waals surface area contributed by atoms with Gasteiger partial charge in [-0.1, -0.05) is 54.2 Å². The summed E-state index contributed by atoms with van der Waals surface area (Å²) in [6.45, 7) is 0.959. The predicted octanol–water partition coefficient (Wildman–Crippen LogP) is 2.84. The number of methoxy groups -OCH3 is 1. The van der Waals surface area contributed by atoms with E-state index in [0.717, 1.165) is 16.9 Å². The number of aliphatic hydroxyl groups is 1. The zero-order chi connectivity index (χ0) is 19.8. The van der Waals surface area contributed by atoms with Gasteiger partial charge >= 0.3 is 0 Å². The Morgan fingerprint density at radius 3 is 2.57 bits per heavy atom. The van der Waals surface area contributed by atoms with Crippen LogP contribution in [0.15, 0.2) is 66.0 Å². The molecule has 1 heterocycles. The molecule has 0 fully saturated rings. The predicted molar refractivity (Wildman–Crippen MR) is 109 cm³/mol. The van der Waals surface area contributed by atoms with Crippen LogP contribution in [0.4, 0.5) is 0 Å². The lowest BCUT2D eigenvalue weighted by Crippen LogP contribution is -2.24. The monoisotopic (exact) mass is 397 g/mol. The number of rotatable bonds is 9. The average Bonchev–Trinajstić information content (AvgIpc) is 3.13. The van der Waals surface area contributed by atoms with E-state index in [4.69, 9.17) is 4.74 Å². The highest BCUT2D eigenvalue weighted by molar-refractivity contribution is 7.99. The SMILES string of the molecule is COc1ccc(Cn2c(CO)cnc2SCC(=O)NCc2ccccc2)cc1. The normalized spacial score (nSPS) is 10.6. The Labute approximate surface area is 168 Å². The summed E-state index contributed by atoms with van der Waals surface area (Å²) in [5, 5.41) is 13.2. The van der Waals surface area contributed by atoms with Crippen LogP contribution in [0.5, 0.6) is 5.75 Å². The molecule has 6 nitrogen and oxygen atoms in total. The van der Waals surface area contributed by atoms with E-state index in [2.05, 4.69) is 10.3 Å². The van der Waals surface area contributed by atoms with Crippen molar-refractivity contribution < 1.29 is 14.6 Å². The maximum atomic E-state index is 12.2. The van der Waals surface area contributed by atoms with E-state index in [9.17, 15) is 9.90 Å². The van der Waals surface area contributed by atoms with Crippen molar-refractivity contribution in [2.75, 3.05) is 12.9 Å². The number of ether oxygens (including phenoxy) is 1. The molecule has 0 unspecified atom stereocenters. The first-order valence-corrected chi connectivity index (χ1v) is 9.89. The number of thioether (sulfide) groups is 1. The Morgan fingerprint density at radius 2 is 1.89 bits per heavy atom. The molecule has 0 bridgehead atoms. The second-order valence-electron chi connectivity index (χ2n) is 6.18. The van der Waals surface area contributed by atoms with Crippen LogP contribution < -0.4 is 10.1 Å². The molecule has 0 saturated carbocycles. The number of benzene rings is 2. The minimum atomic E-state index is -0.107. The summed E-state index contributed by atoms with van der Waals surface area (Å²) in [6.07, 6.45) is 1.65. The molecule has 0 radical (unpaired) electrons. The highest BCUT2D eigenvalue weighted by atomic mass is 32.2. The van der Waals surface area contributed by atoms with Crippen LogP contribution in [0.2, 0.25) is 0 Å². The largest absolute Gasteiger partial charge is 0.497 e. The van der Waals surface area contributed by atoms with Crippen LogP contribution in [0.1, 0.15) is 16.8 Å². The quantitative estimate of drug-likeness (QED) is 0.543. The molecule has 0 spiro atoms. The van der Waals surface area contributed by atoms with Crippen molar-refractivity contribution in [1.82, 2.24) is 14.9 Å². The number of aromatic nitrogens is 2. The summed E-state index contributed by atoms with van der Waals surface area (Å²) >= 11 is 1.36. The van der Waals surface area contributed by atoms with Gasteiger partial charge in [-0.25, -0.2) is 4.98 Å². The van der Waals surface area contributed by atoms with E-state index in [-0.39, 0.29) is 18.3 Å². The number of hydrogen-bond donors (Lipinski definition) is 2. The fourth-order valence-electron chi connectivity index (χ4n) is 2.69. The van der Waals surface area contributed by atoms with Crippen molar-refractivity contribution in [3.63, 3.8) is 0 Å². The van der Waals surface area contributed by atoms with Gasteiger partial charge in [0.25, 0.3) is 0 Å². The number of carbonyl (C=O) groups is 1. The molecule has 3 aromatic rings. The number of imidazole rings is 1. The lowest BCUT2D eigenvalue weighted by atomic mass is 10.2. The Bertz CT molecular complexity index is 895. The van der Waals surface area contributed by atoms with Crippen LogP contribution in [-0.4, -0.2) is 33.4 Å². The van der Waals surface area contributed by atoms with Crippen molar-refractivity contribution in [3.05, 3.63) is 77.6 Å². The number of amides is 1. The van der Waals surface area contributed by atoms with Crippen LogP contribution in [0, 0.1) is 0 Å². The van der Waals surface area contributed by atoms with Crippen molar-refractivity contribution in [2.24, 2.45) is 0 Å². The summed E-state index contributed by atoms with van der Waals surface area (Å²) < 4.78 is 7.11. The molecule has 3 rings (SSSR count). The van der Waals surface area contributed by atoms with E-state index in [1.165, 1.54) is 11.8 Å². The molecule has 0 aliphatic rings. The van der Waals surface area contributed by atoms with E-state index >= 15 is 0 Å². The molecule has 0 saturated heterocycles. The molecular weight excluding hydrogens is 374 g/mol. The van der Waals surface area contributed by atoms with Gasteiger partial charge in [0.05, 0.1) is 31.4 Å². The summed E-state index contributed by atoms with van der Waals surface area (Å²) in [4.78, 5) is 16.5. The highest BCUT2D eigenvalue weighted by Gasteiger charge is 2.13. The van der Waals surface area contributed by atoms with Gasteiger partial charge in [-0.2, -0.15) is 0 Å². The second-order valence-corrected chi connectivity index (χ2v) is 7.12. The molecule has 2 N–H and O–H groups in total. The standard InChI is InChI=1S/C21H23N3O3S/c1-27-19-9-7-17(8-10-19)13-24-18(14-25)12-23-21(24)28-15-20(26)22-11-16-5-3-2-4-6-16/h2-10,12,25H,11,13-15H2,1H3,(H,22,26). The molecule has 1 amide bonds. The third-order valence-corrected chi connectivity index (χ3v) is 5.22. The highest BCUT2D eigenvalue weighted by Crippen LogP contribution is 2.21. The molecule has 0 aliphatic carbocycles. The van der Waals surface area contributed by atoms with Crippen LogP contribution in [-0.2, 0) is 24.5 Å². The fraction of sp³-hybridized carbons (Fsp3) is 0.238. The summed E-state index contributed by atoms with van der Waals surface area (Å²) in [6, 6.07) is 17.5. The Kier molecular flexibility index (Phi) is 7.11. The number of hydrogen-bond acceptors (Lipinski definition) is 5. The number of aliphatic hydroxyl groups excluding tert-OH is 1. The molecule has 146 valence electrons. The van der Waals surface area contributed by atoms with Crippen molar-refractivity contribution in [1.29, 1.82) is 0 Å². The van der Waals surface area contributed by atoms with E-state index in [1.807, 2.05) is 59.2 Å². The molecular formula is C21H23N3O3S. The number of nitrogens with one attached hydrogen (secondary N) is 1.